The highest BCUT2D eigenvalue weighted by Crippen LogP contribution is 2.22. The van der Waals surface area contributed by atoms with Crippen LogP contribution in [0.15, 0.2) is 49.1 Å². The summed E-state index contributed by atoms with van der Waals surface area (Å²) in [6, 6.07) is 7.22. The van der Waals surface area contributed by atoms with Crippen LogP contribution in [0.4, 0.5) is 0 Å². The molecule has 3 aromatic heterocycles. The van der Waals surface area contributed by atoms with Crippen molar-refractivity contribution in [3.63, 3.8) is 0 Å². The largest absolute Gasteiger partial charge is 0.370 e. The maximum Gasteiger partial charge on any atom is 0.260 e. The molecule has 21 heavy (non-hydrogen) atoms. The Hall–Kier alpha value is -3.22. The highest BCUT2D eigenvalue weighted by atomic mass is 16.1. The molecular formula is C14H12N6O. The van der Waals surface area contributed by atoms with Crippen LogP contribution in [0.2, 0.25) is 0 Å². The van der Waals surface area contributed by atoms with Gasteiger partial charge < -0.3 is 5.73 Å². The summed E-state index contributed by atoms with van der Waals surface area (Å²) in [6.45, 7) is 0. The van der Waals surface area contributed by atoms with Crippen LogP contribution in [-0.2, 0) is 0 Å². The van der Waals surface area contributed by atoms with E-state index in [1.165, 1.54) is 0 Å². The fraction of sp³-hybridized carbons (Fsp3) is 0. The summed E-state index contributed by atoms with van der Waals surface area (Å²) in [5.74, 6) is -0.839. The lowest BCUT2D eigenvalue weighted by molar-refractivity contribution is 0.0978. The molecule has 0 aliphatic rings. The minimum Gasteiger partial charge on any atom is -0.370 e. The number of amides is 1. The molecule has 3 rings (SSSR count). The van der Waals surface area contributed by atoms with Crippen molar-refractivity contribution in [2.45, 2.75) is 0 Å². The van der Waals surface area contributed by atoms with Crippen molar-refractivity contribution >= 4 is 22.9 Å². The summed E-state index contributed by atoms with van der Waals surface area (Å²) in [5.41, 5.74) is 7.04. The fourth-order valence-corrected chi connectivity index (χ4v) is 2.12. The van der Waals surface area contributed by atoms with Crippen LogP contribution in [0.25, 0.3) is 16.7 Å². The number of guanidine groups is 1. The van der Waals surface area contributed by atoms with Crippen LogP contribution in [0, 0.1) is 5.41 Å². The highest BCUT2D eigenvalue weighted by Gasteiger charge is 2.16. The summed E-state index contributed by atoms with van der Waals surface area (Å²) in [7, 11) is 0. The lowest BCUT2D eigenvalue weighted by Crippen LogP contribution is -2.35. The number of hydrogen-bond acceptors (Lipinski definition) is 4. The summed E-state index contributed by atoms with van der Waals surface area (Å²) in [4.78, 5) is 20.5. The third-order valence-electron chi connectivity index (χ3n) is 2.98. The van der Waals surface area contributed by atoms with Crippen molar-refractivity contribution in [1.82, 2.24) is 19.9 Å². The van der Waals surface area contributed by atoms with E-state index in [0.717, 1.165) is 5.69 Å². The molecule has 0 radical (unpaired) electrons. The second-order valence-corrected chi connectivity index (χ2v) is 4.37. The number of pyridine rings is 2. The third-order valence-corrected chi connectivity index (χ3v) is 2.98. The van der Waals surface area contributed by atoms with Crippen LogP contribution in [-0.4, -0.2) is 26.4 Å². The summed E-state index contributed by atoms with van der Waals surface area (Å²) in [6.07, 6.45) is 6.67. The third kappa shape index (κ3) is 2.32. The number of aromatic nitrogens is 3. The van der Waals surface area contributed by atoms with Crippen LogP contribution >= 0.6 is 0 Å². The monoisotopic (exact) mass is 280 g/mol. The van der Waals surface area contributed by atoms with Gasteiger partial charge >= 0.3 is 0 Å². The Morgan fingerprint density at radius 2 is 2.10 bits per heavy atom. The molecule has 104 valence electrons. The van der Waals surface area contributed by atoms with Gasteiger partial charge in [-0.05, 0) is 24.3 Å². The van der Waals surface area contributed by atoms with E-state index in [4.69, 9.17) is 11.1 Å². The number of carbonyl (C=O) groups is 1. The first-order valence-electron chi connectivity index (χ1n) is 6.18. The molecule has 0 aliphatic heterocycles. The number of hydrogen-bond donors (Lipinski definition) is 3. The van der Waals surface area contributed by atoms with E-state index in [1.807, 2.05) is 6.07 Å². The smallest absolute Gasteiger partial charge is 0.260 e. The van der Waals surface area contributed by atoms with Gasteiger partial charge in [-0.25, -0.2) is 4.98 Å². The number of nitrogens with two attached hydrogens (primary N) is 1. The Bertz CT molecular complexity index is 824. The lowest BCUT2D eigenvalue weighted by atomic mass is 10.2. The van der Waals surface area contributed by atoms with Crippen LogP contribution in [0.1, 0.15) is 10.4 Å². The lowest BCUT2D eigenvalue weighted by Gasteiger charge is -2.02. The van der Waals surface area contributed by atoms with E-state index in [0.29, 0.717) is 16.6 Å². The van der Waals surface area contributed by atoms with E-state index in [9.17, 15) is 4.79 Å². The van der Waals surface area contributed by atoms with E-state index in [2.05, 4.69) is 15.3 Å². The van der Waals surface area contributed by atoms with E-state index < -0.39 is 11.9 Å². The summed E-state index contributed by atoms with van der Waals surface area (Å²) >= 11 is 0. The number of fused-ring (bicyclic) bond motifs is 1. The summed E-state index contributed by atoms with van der Waals surface area (Å²) < 4.78 is 1.78. The van der Waals surface area contributed by atoms with Gasteiger partial charge in [0.2, 0.25) is 0 Å². The molecule has 4 N–H and O–H groups in total. The van der Waals surface area contributed by atoms with E-state index >= 15 is 0 Å². The second kappa shape index (κ2) is 5.04. The molecule has 3 heterocycles. The zero-order chi connectivity index (χ0) is 14.8. The van der Waals surface area contributed by atoms with Gasteiger partial charge in [-0.15, -0.1) is 0 Å². The van der Waals surface area contributed by atoms with Crippen molar-refractivity contribution in [3.8, 4) is 5.69 Å². The molecule has 0 aromatic carbocycles. The second-order valence-electron chi connectivity index (χ2n) is 4.37. The van der Waals surface area contributed by atoms with Gasteiger partial charge in [-0.3, -0.25) is 25.1 Å². The highest BCUT2D eigenvalue weighted by molar-refractivity contribution is 6.11. The van der Waals surface area contributed by atoms with Gasteiger partial charge in [0.1, 0.15) is 5.65 Å². The fourth-order valence-electron chi connectivity index (χ4n) is 2.12. The number of carbonyl (C=O) groups excluding carboxylic acids is 1. The maximum atomic E-state index is 12.1. The molecule has 0 atom stereocenters. The minimum atomic E-state index is -0.442. The molecule has 7 heteroatoms. The maximum absolute atomic E-state index is 12.1. The molecule has 0 saturated carbocycles. The van der Waals surface area contributed by atoms with Gasteiger partial charge in [0, 0.05) is 24.0 Å². The predicted molar refractivity (Wildman–Crippen MR) is 78.2 cm³/mol. The van der Waals surface area contributed by atoms with Gasteiger partial charge in [-0.2, -0.15) is 0 Å². The molecule has 1 amide bonds. The topological polar surface area (TPSA) is 110 Å². The average molecular weight is 280 g/mol. The van der Waals surface area contributed by atoms with E-state index in [1.54, 1.807) is 47.6 Å². The Kier molecular flexibility index (Phi) is 3.07. The quantitative estimate of drug-likeness (QED) is 0.481. The molecule has 0 fully saturated rings. The SMILES string of the molecule is N=C(N)NC(=O)c1cn(-c2cccnc2)c2ncccc12. The van der Waals surface area contributed by atoms with Crippen molar-refractivity contribution in [2.75, 3.05) is 0 Å². The van der Waals surface area contributed by atoms with Crippen molar-refractivity contribution in [2.24, 2.45) is 5.73 Å². The number of rotatable bonds is 2. The number of nitrogens with one attached hydrogen (secondary N) is 2. The zero-order valence-electron chi connectivity index (χ0n) is 10.9. The molecular weight excluding hydrogens is 268 g/mol. The first-order valence-corrected chi connectivity index (χ1v) is 6.18. The molecule has 0 unspecified atom stereocenters. The van der Waals surface area contributed by atoms with Gasteiger partial charge in [-0.1, -0.05) is 0 Å². The Morgan fingerprint density at radius 1 is 1.29 bits per heavy atom. The zero-order valence-corrected chi connectivity index (χ0v) is 10.9. The summed E-state index contributed by atoms with van der Waals surface area (Å²) in [5, 5.41) is 10.1. The van der Waals surface area contributed by atoms with Crippen LogP contribution < -0.4 is 11.1 Å². The van der Waals surface area contributed by atoms with Crippen LogP contribution in [0.3, 0.4) is 0 Å². The Balaban J connectivity index is 2.19. The predicted octanol–water partition coefficient (Wildman–Crippen LogP) is 1.04. The van der Waals surface area contributed by atoms with Gasteiger partial charge in [0.05, 0.1) is 17.4 Å². The molecule has 0 spiro atoms. The molecule has 3 aromatic rings. The average Bonchev–Trinajstić information content (AvgIpc) is 2.87. The Labute approximate surface area is 119 Å². The molecule has 0 aliphatic carbocycles. The Morgan fingerprint density at radius 3 is 2.81 bits per heavy atom. The molecule has 0 bridgehead atoms. The standard InChI is InChI=1S/C14H12N6O/c15-14(16)19-13(21)11-8-20(9-3-1-5-17-7-9)12-10(11)4-2-6-18-12/h1-8H,(H4,15,16,19,21). The van der Waals surface area contributed by atoms with Gasteiger partial charge in [0.25, 0.3) is 5.91 Å². The normalized spacial score (nSPS) is 10.5. The van der Waals surface area contributed by atoms with Crippen molar-refractivity contribution < 1.29 is 4.79 Å². The minimum absolute atomic E-state index is 0.397. The molecule has 7 nitrogen and oxygen atoms in total. The van der Waals surface area contributed by atoms with Crippen LogP contribution in [0.5, 0.6) is 0 Å². The van der Waals surface area contributed by atoms with Gasteiger partial charge in [0.15, 0.2) is 5.96 Å². The van der Waals surface area contributed by atoms with Crippen molar-refractivity contribution in [3.05, 3.63) is 54.6 Å². The van der Waals surface area contributed by atoms with Crippen molar-refractivity contribution in [1.29, 1.82) is 5.41 Å². The first-order chi connectivity index (χ1) is 10.2. The number of nitrogens with zero attached hydrogens (tertiary/aromatic N) is 3. The molecule has 0 saturated heterocycles. The van der Waals surface area contributed by atoms with E-state index in [-0.39, 0.29) is 0 Å². The first kappa shape index (κ1) is 12.8.